The van der Waals surface area contributed by atoms with Crippen molar-refractivity contribution in [2.75, 3.05) is 31.1 Å². The number of benzene rings is 1. The first-order valence-electron chi connectivity index (χ1n) is 7.31. The fourth-order valence-corrected chi connectivity index (χ4v) is 2.41. The molecule has 1 heterocycles. The molecule has 120 valence electrons. The summed E-state index contributed by atoms with van der Waals surface area (Å²) < 4.78 is 5.28. The van der Waals surface area contributed by atoms with Gasteiger partial charge in [0, 0.05) is 23.8 Å². The van der Waals surface area contributed by atoms with Crippen LogP contribution in [0, 0.1) is 0 Å². The van der Waals surface area contributed by atoms with Gasteiger partial charge in [0.05, 0.1) is 13.1 Å². The van der Waals surface area contributed by atoms with E-state index < -0.39 is 6.09 Å². The highest BCUT2D eigenvalue weighted by molar-refractivity contribution is 6.30. The lowest BCUT2D eigenvalue weighted by Gasteiger charge is -2.20. The van der Waals surface area contributed by atoms with Crippen molar-refractivity contribution in [1.29, 1.82) is 0 Å². The van der Waals surface area contributed by atoms with E-state index in [2.05, 4.69) is 5.32 Å². The molecule has 2 rings (SSSR count). The molecule has 1 N–H and O–H groups in total. The Kier molecular flexibility index (Phi) is 5.49. The van der Waals surface area contributed by atoms with E-state index in [4.69, 9.17) is 16.3 Å². The molecule has 0 radical (unpaired) electrons. The van der Waals surface area contributed by atoms with Crippen molar-refractivity contribution in [3.05, 3.63) is 29.3 Å². The van der Waals surface area contributed by atoms with Gasteiger partial charge in [-0.1, -0.05) is 11.6 Å². The van der Waals surface area contributed by atoms with Crippen LogP contribution in [0.2, 0.25) is 5.02 Å². The minimum Gasteiger partial charge on any atom is -0.442 e. The number of hydrogen-bond acceptors (Lipinski definition) is 3. The number of halogens is 1. The van der Waals surface area contributed by atoms with Gasteiger partial charge in [0.15, 0.2) is 0 Å². The van der Waals surface area contributed by atoms with E-state index in [9.17, 15) is 9.59 Å². The zero-order valence-corrected chi connectivity index (χ0v) is 13.5. The number of rotatable bonds is 5. The van der Waals surface area contributed by atoms with E-state index in [-0.39, 0.29) is 12.1 Å². The number of hydrogen-bond donors (Lipinski definition) is 1. The van der Waals surface area contributed by atoms with Crippen molar-refractivity contribution in [2.24, 2.45) is 0 Å². The lowest BCUT2D eigenvalue weighted by molar-refractivity contribution is 0.138. The van der Waals surface area contributed by atoms with Crippen LogP contribution in [0.1, 0.15) is 13.8 Å². The summed E-state index contributed by atoms with van der Waals surface area (Å²) in [6.45, 7) is 5.82. The summed E-state index contributed by atoms with van der Waals surface area (Å²) in [6.07, 6.45) is -0.771. The lowest BCUT2D eigenvalue weighted by atomic mass is 10.2. The third-order valence-corrected chi connectivity index (χ3v) is 3.80. The molecule has 0 bridgehead atoms. The molecule has 1 fully saturated rings. The van der Waals surface area contributed by atoms with Gasteiger partial charge in [-0.25, -0.2) is 9.59 Å². The fourth-order valence-electron chi connectivity index (χ4n) is 2.28. The Morgan fingerprint density at radius 2 is 2.00 bits per heavy atom. The Hall–Kier alpha value is -1.95. The Morgan fingerprint density at radius 1 is 1.36 bits per heavy atom. The number of carbonyl (C=O) groups is 2. The molecule has 1 aromatic carbocycles. The predicted octanol–water partition coefficient (Wildman–Crippen LogP) is 2.72. The molecule has 0 aliphatic carbocycles. The molecular weight excluding hydrogens is 306 g/mol. The SMILES string of the molecule is CCN(CC)C(=O)NCC1CN(c2ccc(Cl)cc2)C(=O)O1. The summed E-state index contributed by atoms with van der Waals surface area (Å²) in [5.41, 5.74) is 0.729. The van der Waals surface area contributed by atoms with E-state index in [1.807, 2.05) is 13.8 Å². The second-order valence-corrected chi connectivity index (χ2v) is 5.39. The molecule has 1 aromatic rings. The van der Waals surface area contributed by atoms with E-state index in [1.165, 1.54) is 4.90 Å². The fraction of sp³-hybridized carbons (Fsp3) is 0.467. The van der Waals surface area contributed by atoms with Crippen LogP contribution < -0.4 is 10.2 Å². The Labute approximate surface area is 135 Å². The number of amides is 3. The van der Waals surface area contributed by atoms with Gasteiger partial charge in [-0.2, -0.15) is 0 Å². The van der Waals surface area contributed by atoms with Gasteiger partial charge in [0.2, 0.25) is 0 Å². The summed E-state index contributed by atoms with van der Waals surface area (Å²) in [7, 11) is 0. The molecule has 0 saturated carbocycles. The maximum atomic E-state index is 11.9. The molecule has 0 aromatic heterocycles. The third-order valence-electron chi connectivity index (χ3n) is 3.54. The number of nitrogens with zero attached hydrogens (tertiary/aromatic N) is 2. The summed E-state index contributed by atoms with van der Waals surface area (Å²) in [6, 6.07) is 6.83. The second kappa shape index (κ2) is 7.35. The first-order chi connectivity index (χ1) is 10.5. The van der Waals surface area contributed by atoms with E-state index in [0.29, 0.717) is 31.2 Å². The van der Waals surface area contributed by atoms with Crippen LogP contribution in [-0.2, 0) is 4.74 Å². The van der Waals surface area contributed by atoms with E-state index in [0.717, 1.165) is 5.69 Å². The summed E-state index contributed by atoms with van der Waals surface area (Å²) in [4.78, 5) is 27.0. The molecule has 22 heavy (non-hydrogen) atoms. The second-order valence-electron chi connectivity index (χ2n) is 4.95. The Balaban J connectivity index is 1.90. The maximum absolute atomic E-state index is 11.9. The highest BCUT2D eigenvalue weighted by Crippen LogP contribution is 2.23. The lowest BCUT2D eigenvalue weighted by Crippen LogP contribution is -2.43. The quantitative estimate of drug-likeness (QED) is 0.905. The Bertz CT molecular complexity index is 531. The van der Waals surface area contributed by atoms with Crippen LogP contribution in [0.4, 0.5) is 15.3 Å². The topological polar surface area (TPSA) is 61.9 Å². The number of cyclic esters (lactones) is 1. The summed E-state index contributed by atoms with van der Waals surface area (Å²) >= 11 is 5.84. The number of ether oxygens (including phenoxy) is 1. The molecule has 1 unspecified atom stereocenters. The first kappa shape index (κ1) is 16.4. The van der Waals surface area contributed by atoms with Gasteiger partial charge in [-0.15, -0.1) is 0 Å². The zero-order chi connectivity index (χ0) is 16.1. The van der Waals surface area contributed by atoms with Gasteiger partial charge in [-0.3, -0.25) is 4.90 Å². The van der Waals surface area contributed by atoms with Crippen molar-refractivity contribution in [2.45, 2.75) is 20.0 Å². The molecule has 7 heteroatoms. The number of urea groups is 1. The minimum absolute atomic E-state index is 0.147. The average molecular weight is 326 g/mol. The van der Waals surface area contributed by atoms with Crippen LogP contribution in [0.25, 0.3) is 0 Å². The molecule has 1 atom stereocenters. The van der Waals surface area contributed by atoms with E-state index >= 15 is 0 Å². The van der Waals surface area contributed by atoms with Gasteiger partial charge in [0.25, 0.3) is 0 Å². The highest BCUT2D eigenvalue weighted by Gasteiger charge is 2.32. The first-order valence-corrected chi connectivity index (χ1v) is 7.69. The maximum Gasteiger partial charge on any atom is 0.414 e. The van der Waals surface area contributed by atoms with Gasteiger partial charge < -0.3 is 15.0 Å². The van der Waals surface area contributed by atoms with Crippen LogP contribution in [0.5, 0.6) is 0 Å². The van der Waals surface area contributed by atoms with Crippen LogP contribution in [0.15, 0.2) is 24.3 Å². The van der Waals surface area contributed by atoms with Crippen molar-refractivity contribution < 1.29 is 14.3 Å². The third kappa shape index (κ3) is 3.82. The van der Waals surface area contributed by atoms with Crippen molar-refractivity contribution >= 4 is 29.4 Å². The highest BCUT2D eigenvalue weighted by atomic mass is 35.5. The molecule has 1 saturated heterocycles. The van der Waals surface area contributed by atoms with Crippen molar-refractivity contribution in [3.63, 3.8) is 0 Å². The number of carbonyl (C=O) groups excluding carboxylic acids is 2. The molecular formula is C15H20ClN3O3. The van der Waals surface area contributed by atoms with E-state index in [1.54, 1.807) is 29.2 Å². The number of nitrogens with one attached hydrogen (secondary N) is 1. The molecule has 1 aliphatic rings. The zero-order valence-electron chi connectivity index (χ0n) is 12.7. The van der Waals surface area contributed by atoms with Crippen molar-refractivity contribution in [3.8, 4) is 0 Å². The summed E-state index contributed by atoms with van der Waals surface area (Å²) in [5.74, 6) is 0. The van der Waals surface area contributed by atoms with Gasteiger partial charge in [-0.05, 0) is 38.1 Å². The standard InChI is InChI=1S/C15H20ClN3O3/c1-3-18(4-2)14(20)17-9-13-10-19(15(21)22-13)12-7-5-11(16)6-8-12/h5-8,13H,3-4,9-10H2,1-2H3,(H,17,20). The predicted molar refractivity (Wildman–Crippen MR) is 85.4 cm³/mol. The van der Waals surface area contributed by atoms with Gasteiger partial charge >= 0.3 is 12.1 Å². The average Bonchev–Trinajstić information content (AvgIpc) is 2.88. The van der Waals surface area contributed by atoms with Crippen LogP contribution in [0.3, 0.4) is 0 Å². The van der Waals surface area contributed by atoms with Crippen LogP contribution in [-0.4, -0.2) is 49.3 Å². The largest absolute Gasteiger partial charge is 0.442 e. The summed E-state index contributed by atoms with van der Waals surface area (Å²) in [5, 5.41) is 3.40. The monoisotopic (exact) mass is 325 g/mol. The molecule has 3 amide bonds. The minimum atomic E-state index is -0.413. The molecule has 0 spiro atoms. The smallest absolute Gasteiger partial charge is 0.414 e. The van der Waals surface area contributed by atoms with Crippen LogP contribution >= 0.6 is 11.6 Å². The number of anilines is 1. The molecule has 6 nitrogen and oxygen atoms in total. The Morgan fingerprint density at radius 3 is 2.59 bits per heavy atom. The van der Waals surface area contributed by atoms with Gasteiger partial charge in [0.1, 0.15) is 6.10 Å². The normalized spacial score (nSPS) is 17.3. The molecule has 1 aliphatic heterocycles. The van der Waals surface area contributed by atoms with Crippen molar-refractivity contribution in [1.82, 2.24) is 10.2 Å².